The lowest BCUT2D eigenvalue weighted by Crippen LogP contribution is -2.39. The fourth-order valence-electron chi connectivity index (χ4n) is 3.94. The smallest absolute Gasteiger partial charge is 0.414 e. The Morgan fingerprint density at radius 1 is 1.03 bits per heavy atom. The number of aliphatic hydroxyl groups is 1. The minimum absolute atomic E-state index is 0.0278. The van der Waals surface area contributed by atoms with Crippen LogP contribution in [0.4, 0.5) is 10.5 Å². The van der Waals surface area contributed by atoms with Gasteiger partial charge in [-0.15, -0.1) is 0 Å². The predicted octanol–water partition coefficient (Wildman–Crippen LogP) is 3.88. The summed E-state index contributed by atoms with van der Waals surface area (Å²) >= 11 is 5.92. The van der Waals surface area contributed by atoms with Crippen LogP contribution in [0.5, 0.6) is 0 Å². The van der Waals surface area contributed by atoms with Crippen LogP contribution in [-0.4, -0.2) is 48.2 Å². The van der Waals surface area contributed by atoms with Gasteiger partial charge in [-0.2, -0.15) is 0 Å². The lowest BCUT2D eigenvalue weighted by molar-refractivity contribution is 0.0462. The molecule has 0 aliphatic carbocycles. The van der Waals surface area contributed by atoms with Gasteiger partial charge >= 0.3 is 6.09 Å². The highest BCUT2D eigenvalue weighted by molar-refractivity contribution is 6.30. The number of ether oxygens (including phenoxy) is 1. The van der Waals surface area contributed by atoms with E-state index < -0.39 is 6.10 Å². The van der Waals surface area contributed by atoms with Crippen molar-refractivity contribution < 1.29 is 19.4 Å². The Hall–Kier alpha value is -2.57. The van der Waals surface area contributed by atoms with Crippen molar-refractivity contribution in [3.8, 4) is 0 Å². The fraction of sp³-hybridized carbons (Fsp3) is 0.364. The summed E-state index contributed by atoms with van der Waals surface area (Å²) in [5.74, 6) is 0.0868. The van der Waals surface area contributed by atoms with Crippen molar-refractivity contribution >= 4 is 29.3 Å². The Bertz CT molecular complexity index is 877. The number of hydrogen-bond donors (Lipinski definition) is 1. The molecule has 2 aromatic carbocycles. The first-order chi connectivity index (χ1) is 14.0. The van der Waals surface area contributed by atoms with Crippen LogP contribution in [0.3, 0.4) is 0 Å². The second-order valence-electron chi connectivity index (χ2n) is 7.44. The molecule has 2 saturated heterocycles. The molecule has 0 aromatic heterocycles. The van der Waals surface area contributed by atoms with E-state index in [0.29, 0.717) is 36.8 Å². The number of rotatable bonds is 4. The largest absolute Gasteiger partial charge is 0.447 e. The van der Waals surface area contributed by atoms with Crippen molar-refractivity contribution in [2.24, 2.45) is 5.92 Å². The normalized spacial score (nSPS) is 18.6. The zero-order valence-electron chi connectivity index (χ0n) is 16.0. The van der Waals surface area contributed by atoms with E-state index in [1.165, 1.54) is 0 Å². The van der Waals surface area contributed by atoms with Gasteiger partial charge in [-0.1, -0.05) is 23.7 Å². The van der Waals surface area contributed by atoms with Crippen molar-refractivity contribution in [2.45, 2.75) is 18.9 Å². The Kier molecular flexibility index (Phi) is 5.74. The minimum atomic E-state index is -0.552. The van der Waals surface area contributed by atoms with Gasteiger partial charge in [0.05, 0.1) is 12.6 Å². The topological polar surface area (TPSA) is 70.1 Å². The number of nitrogens with zero attached hydrogens (tertiary/aromatic N) is 2. The molecule has 2 heterocycles. The summed E-state index contributed by atoms with van der Waals surface area (Å²) in [6.45, 7) is 2.12. The molecule has 0 saturated carbocycles. The van der Waals surface area contributed by atoms with Gasteiger partial charge in [0.25, 0.3) is 5.91 Å². The predicted molar refractivity (Wildman–Crippen MR) is 110 cm³/mol. The highest BCUT2D eigenvalue weighted by Crippen LogP contribution is 2.32. The van der Waals surface area contributed by atoms with Gasteiger partial charge in [0.1, 0.15) is 6.61 Å². The molecular formula is C22H23ClN2O4. The molecule has 7 heteroatoms. The highest BCUT2D eigenvalue weighted by atomic mass is 35.5. The van der Waals surface area contributed by atoms with Gasteiger partial charge in [0.2, 0.25) is 0 Å². The lowest BCUT2D eigenvalue weighted by atomic mass is 9.87. The number of piperidine rings is 1. The molecule has 0 radical (unpaired) electrons. The zero-order valence-corrected chi connectivity index (χ0v) is 16.7. The first-order valence-corrected chi connectivity index (χ1v) is 10.2. The van der Waals surface area contributed by atoms with E-state index in [2.05, 4.69) is 0 Å². The van der Waals surface area contributed by atoms with Crippen molar-refractivity contribution in [1.82, 2.24) is 4.90 Å². The monoisotopic (exact) mass is 414 g/mol. The number of anilines is 1. The van der Waals surface area contributed by atoms with Gasteiger partial charge in [0, 0.05) is 29.4 Å². The molecule has 6 nitrogen and oxygen atoms in total. The third-order valence-electron chi connectivity index (χ3n) is 5.67. The van der Waals surface area contributed by atoms with Crippen LogP contribution >= 0.6 is 11.6 Å². The first-order valence-electron chi connectivity index (χ1n) is 9.80. The second kappa shape index (κ2) is 8.43. The lowest BCUT2D eigenvalue weighted by Gasteiger charge is -2.34. The quantitative estimate of drug-likeness (QED) is 0.824. The standard InChI is InChI=1S/C22H23ClN2O4/c23-18-5-1-15(2-6-18)20(26)16-9-11-24(12-10-16)21(27)17-3-7-19(8-4-17)25-13-14-29-22(25)28/h1-8,16,20,26H,9-14H2/t20-/m0/s1. The van der Waals surface area contributed by atoms with Crippen LogP contribution < -0.4 is 4.90 Å². The Labute approximate surface area is 174 Å². The third-order valence-corrected chi connectivity index (χ3v) is 5.92. The van der Waals surface area contributed by atoms with Crippen LogP contribution in [0, 0.1) is 5.92 Å². The first kappa shape index (κ1) is 19.7. The highest BCUT2D eigenvalue weighted by Gasteiger charge is 2.29. The van der Waals surface area contributed by atoms with E-state index in [1.807, 2.05) is 17.0 Å². The van der Waals surface area contributed by atoms with Crippen molar-refractivity contribution in [3.63, 3.8) is 0 Å². The summed E-state index contributed by atoms with van der Waals surface area (Å²) in [6.07, 6.45) is 0.579. The average molecular weight is 415 g/mol. The maximum absolute atomic E-state index is 12.8. The van der Waals surface area contributed by atoms with Crippen LogP contribution in [0.1, 0.15) is 34.9 Å². The van der Waals surface area contributed by atoms with E-state index in [0.717, 1.165) is 24.1 Å². The third kappa shape index (κ3) is 4.23. The van der Waals surface area contributed by atoms with E-state index in [4.69, 9.17) is 16.3 Å². The Morgan fingerprint density at radius 3 is 2.28 bits per heavy atom. The van der Waals surface area contributed by atoms with E-state index in [9.17, 15) is 14.7 Å². The van der Waals surface area contributed by atoms with Crippen molar-refractivity contribution in [1.29, 1.82) is 0 Å². The number of benzene rings is 2. The summed E-state index contributed by atoms with van der Waals surface area (Å²) in [6, 6.07) is 14.3. The molecule has 2 aliphatic rings. The molecule has 2 amide bonds. The summed E-state index contributed by atoms with van der Waals surface area (Å²) in [5.41, 5.74) is 2.18. The number of carbonyl (C=O) groups is 2. The number of cyclic esters (lactones) is 1. The number of halogens is 1. The average Bonchev–Trinajstić information content (AvgIpc) is 3.19. The molecule has 4 rings (SSSR count). The molecular weight excluding hydrogens is 392 g/mol. The Morgan fingerprint density at radius 2 is 1.69 bits per heavy atom. The molecule has 1 atom stereocenters. The van der Waals surface area contributed by atoms with Crippen LogP contribution in [0.25, 0.3) is 0 Å². The molecule has 2 aliphatic heterocycles. The van der Waals surface area contributed by atoms with Gasteiger partial charge in [-0.05, 0) is 60.7 Å². The molecule has 2 fully saturated rings. The molecule has 0 spiro atoms. The number of amides is 2. The van der Waals surface area contributed by atoms with Crippen molar-refractivity contribution in [3.05, 3.63) is 64.7 Å². The molecule has 0 unspecified atom stereocenters. The summed E-state index contributed by atoms with van der Waals surface area (Å²) in [7, 11) is 0. The molecule has 29 heavy (non-hydrogen) atoms. The van der Waals surface area contributed by atoms with Gasteiger partial charge in [-0.25, -0.2) is 4.79 Å². The van der Waals surface area contributed by atoms with E-state index in [-0.39, 0.29) is 17.9 Å². The zero-order chi connectivity index (χ0) is 20.4. The van der Waals surface area contributed by atoms with Crippen molar-refractivity contribution in [2.75, 3.05) is 31.1 Å². The van der Waals surface area contributed by atoms with Gasteiger partial charge in [0.15, 0.2) is 0 Å². The Balaban J connectivity index is 1.35. The van der Waals surface area contributed by atoms with Crippen LogP contribution in [0.15, 0.2) is 48.5 Å². The maximum Gasteiger partial charge on any atom is 0.414 e. The maximum atomic E-state index is 12.8. The number of hydrogen-bond acceptors (Lipinski definition) is 4. The minimum Gasteiger partial charge on any atom is -0.447 e. The van der Waals surface area contributed by atoms with Crippen LogP contribution in [-0.2, 0) is 4.74 Å². The SMILES string of the molecule is O=C(c1ccc(N2CCOC2=O)cc1)N1CCC([C@@H](O)c2ccc(Cl)cc2)CC1. The second-order valence-corrected chi connectivity index (χ2v) is 7.88. The number of likely N-dealkylation sites (tertiary alicyclic amines) is 1. The van der Waals surface area contributed by atoms with E-state index in [1.54, 1.807) is 41.3 Å². The fourth-order valence-corrected chi connectivity index (χ4v) is 4.07. The summed E-state index contributed by atoms with van der Waals surface area (Å²) in [5, 5.41) is 11.3. The van der Waals surface area contributed by atoms with Gasteiger partial charge < -0.3 is 14.7 Å². The molecule has 152 valence electrons. The number of carbonyl (C=O) groups excluding carboxylic acids is 2. The van der Waals surface area contributed by atoms with Crippen LogP contribution in [0.2, 0.25) is 5.02 Å². The molecule has 2 aromatic rings. The number of aliphatic hydroxyl groups excluding tert-OH is 1. The summed E-state index contributed by atoms with van der Waals surface area (Å²) in [4.78, 5) is 27.8. The summed E-state index contributed by atoms with van der Waals surface area (Å²) < 4.78 is 4.94. The van der Waals surface area contributed by atoms with Gasteiger partial charge in [-0.3, -0.25) is 9.69 Å². The van der Waals surface area contributed by atoms with E-state index >= 15 is 0 Å². The molecule has 0 bridgehead atoms. The molecule has 1 N–H and O–H groups in total.